The molecule has 1 aromatic rings. The van der Waals surface area contributed by atoms with Crippen LogP contribution in [0.2, 0.25) is 0 Å². The maximum atomic E-state index is 11.9. The van der Waals surface area contributed by atoms with Gasteiger partial charge < -0.3 is 15.7 Å². The van der Waals surface area contributed by atoms with Crippen molar-refractivity contribution in [2.75, 3.05) is 11.9 Å². The third-order valence-electron chi connectivity index (χ3n) is 4.29. The highest BCUT2D eigenvalue weighted by Gasteiger charge is 2.00. The zero-order chi connectivity index (χ0) is 21.3. The van der Waals surface area contributed by atoms with Crippen LogP contribution in [0, 0.1) is 0 Å². The Balaban J connectivity index is 2.29. The quantitative estimate of drug-likeness (QED) is 0.316. The number of carbonyl (C=O) groups is 3. The molecule has 0 unspecified atom stereocenters. The molecule has 1 aromatic carbocycles. The number of carboxylic acid groups (broad SMARTS) is 1. The summed E-state index contributed by atoms with van der Waals surface area (Å²) in [5.74, 6) is -1.86. The fourth-order valence-electron chi connectivity index (χ4n) is 2.75. The molecule has 0 aliphatic rings. The highest BCUT2D eigenvalue weighted by atomic mass is 16.4. The predicted molar refractivity (Wildman–Crippen MR) is 117 cm³/mol. The number of carbonyl (C=O) groups excluding carboxylic acids is 2. The van der Waals surface area contributed by atoms with Gasteiger partial charge in [0, 0.05) is 30.5 Å². The monoisotopic (exact) mass is 400 g/mol. The molecule has 0 aliphatic heterocycles. The van der Waals surface area contributed by atoms with Gasteiger partial charge in [-0.25, -0.2) is 4.79 Å². The molecule has 2 amide bonds. The first-order valence-electron chi connectivity index (χ1n) is 10.3. The number of rotatable bonds is 14. The number of carboxylic acids is 1. The lowest BCUT2D eigenvalue weighted by Gasteiger charge is -2.04. The highest BCUT2D eigenvalue weighted by molar-refractivity contribution is 6.02. The number of nitrogens with one attached hydrogen (secondary N) is 2. The molecule has 0 spiro atoms. The molecule has 0 saturated heterocycles. The Morgan fingerprint density at radius 2 is 1.59 bits per heavy atom. The van der Waals surface area contributed by atoms with Crippen LogP contribution in [0.4, 0.5) is 5.69 Å². The predicted octanol–water partition coefficient (Wildman–Crippen LogP) is 4.54. The summed E-state index contributed by atoms with van der Waals surface area (Å²) < 4.78 is 0. The Morgan fingerprint density at radius 1 is 0.897 bits per heavy atom. The van der Waals surface area contributed by atoms with E-state index in [-0.39, 0.29) is 5.91 Å². The molecule has 0 radical (unpaired) electrons. The van der Waals surface area contributed by atoms with Gasteiger partial charge in [0.2, 0.25) is 11.8 Å². The SMILES string of the molecule is CCCCCCCCCCNC(=O)C=Cc1cccc(NC(=O)/C=C\C(=O)O)c1. The van der Waals surface area contributed by atoms with Crippen LogP contribution in [0.25, 0.3) is 6.08 Å². The fraction of sp³-hybridized carbons (Fsp3) is 0.435. The minimum absolute atomic E-state index is 0.147. The van der Waals surface area contributed by atoms with E-state index in [1.54, 1.807) is 24.3 Å². The number of aliphatic carboxylic acids is 1. The van der Waals surface area contributed by atoms with E-state index in [0.29, 0.717) is 12.2 Å². The van der Waals surface area contributed by atoms with Gasteiger partial charge in [-0.1, -0.05) is 64.0 Å². The van der Waals surface area contributed by atoms with Crippen LogP contribution < -0.4 is 10.6 Å². The van der Waals surface area contributed by atoms with Gasteiger partial charge in [0.1, 0.15) is 0 Å². The summed E-state index contributed by atoms with van der Waals surface area (Å²) >= 11 is 0. The van der Waals surface area contributed by atoms with Gasteiger partial charge in [0.05, 0.1) is 0 Å². The van der Waals surface area contributed by atoms with E-state index >= 15 is 0 Å². The first kappa shape index (κ1) is 24.1. The second-order valence-electron chi connectivity index (χ2n) is 6.89. The lowest BCUT2D eigenvalue weighted by atomic mass is 10.1. The third kappa shape index (κ3) is 13.0. The number of anilines is 1. The Kier molecular flexibility index (Phi) is 12.6. The van der Waals surface area contributed by atoms with Crippen molar-refractivity contribution < 1.29 is 19.5 Å². The van der Waals surface area contributed by atoms with Gasteiger partial charge in [-0.2, -0.15) is 0 Å². The largest absolute Gasteiger partial charge is 0.478 e. The lowest BCUT2D eigenvalue weighted by Crippen LogP contribution is -2.21. The second kappa shape index (κ2) is 15.1. The van der Waals surface area contributed by atoms with Gasteiger partial charge in [-0.3, -0.25) is 9.59 Å². The number of amides is 2. The molecule has 0 heterocycles. The Bertz CT molecular complexity index is 711. The zero-order valence-corrected chi connectivity index (χ0v) is 17.2. The molecule has 6 heteroatoms. The third-order valence-corrected chi connectivity index (χ3v) is 4.29. The normalized spacial score (nSPS) is 11.1. The number of hydrogen-bond donors (Lipinski definition) is 3. The molecule has 0 fully saturated rings. The molecular formula is C23H32N2O4. The Hall–Kier alpha value is -2.89. The van der Waals surface area contributed by atoms with Crippen molar-refractivity contribution in [2.24, 2.45) is 0 Å². The van der Waals surface area contributed by atoms with Gasteiger partial charge in [-0.15, -0.1) is 0 Å². The van der Waals surface area contributed by atoms with Crippen molar-refractivity contribution in [1.82, 2.24) is 5.32 Å². The van der Waals surface area contributed by atoms with Gasteiger partial charge in [0.15, 0.2) is 0 Å². The Morgan fingerprint density at radius 3 is 2.28 bits per heavy atom. The fourth-order valence-corrected chi connectivity index (χ4v) is 2.75. The molecule has 29 heavy (non-hydrogen) atoms. The number of benzene rings is 1. The molecule has 158 valence electrons. The molecule has 0 aromatic heterocycles. The summed E-state index contributed by atoms with van der Waals surface area (Å²) in [5.41, 5.74) is 1.28. The molecule has 6 nitrogen and oxygen atoms in total. The topological polar surface area (TPSA) is 95.5 Å². The van der Waals surface area contributed by atoms with Crippen LogP contribution >= 0.6 is 0 Å². The van der Waals surface area contributed by atoms with Crippen LogP contribution in [0.15, 0.2) is 42.5 Å². The summed E-state index contributed by atoms with van der Waals surface area (Å²) in [5, 5.41) is 14.0. The van der Waals surface area contributed by atoms with E-state index in [1.165, 1.54) is 44.6 Å². The average Bonchev–Trinajstić information content (AvgIpc) is 2.70. The van der Waals surface area contributed by atoms with Crippen LogP contribution in [0.3, 0.4) is 0 Å². The molecule has 0 saturated carbocycles. The van der Waals surface area contributed by atoms with E-state index in [1.807, 2.05) is 6.07 Å². The van der Waals surface area contributed by atoms with Gasteiger partial charge in [-0.05, 0) is 30.2 Å². The van der Waals surface area contributed by atoms with Gasteiger partial charge >= 0.3 is 5.97 Å². The van der Waals surface area contributed by atoms with E-state index < -0.39 is 11.9 Å². The van der Waals surface area contributed by atoms with Crippen LogP contribution in [0.1, 0.15) is 63.9 Å². The summed E-state index contributed by atoms with van der Waals surface area (Å²) in [4.78, 5) is 33.9. The van der Waals surface area contributed by atoms with E-state index in [4.69, 9.17) is 5.11 Å². The molecular weight excluding hydrogens is 368 g/mol. The summed E-state index contributed by atoms with van der Waals surface area (Å²) in [6.07, 6.45) is 14.7. The lowest BCUT2D eigenvalue weighted by molar-refractivity contribution is -0.131. The van der Waals surface area contributed by atoms with E-state index in [0.717, 1.165) is 30.6 Å². The molecule has 1 rings (SSSR count). The minimum Gasteiger partial charge on any atom is -0.478 e. The zero-order valence-electron chi connectivity index (χ0n) is 17.2. The molecule has 0 bridgehead atoms. The van der Waals surface area contributed by atoms with Crippen molar-refractivity contribution >= 4 is 29.5 Å². The maximum Gasteiger partial charge on any atom is 0.328 e. The number of unbranched alkanes of at least 4 members (excludes halogenated alkanes) is 7. The van der Waals surface area contributed by atoms with Crippen LogP contribution in [-0.4, -0.2) is 29.4 Å². The van der Waals surface area contributed by atoms with Crippen molar-refractivity contribution in [3.63, 3.8) is 0 Å². The first-order valence-corrected chi connectivity index (χ1v) is 10.3. The van der Waals surface area contributed by atoms with E-state index in [2.05, 4.69) is 17.6 Å². The Labute approximate surface area is 173 Å². The van der Waals surface area contributed by atoms with Crippen molar-refractivity contribution in [2.45, 2.75) is 58.3 Å². The maximum absolute atomic E-state index is 11.9. The standard InChI is InChI=1S/C23H32N2O4/c1-2-3-4-5-6-7-8-9-17-24-21(26)14-13-19-11-10-12-20(18-19)25-22(27)15-16-23(28)29/h10-16,18H,2-9,17H2,1H3,(H,24,26)(H,25,27)(H,28,29)/b14-13?,16-15-. The average molecular weight is 401 g/mol. The summed E-state index contributed by atoms with van der Waals surface area (Å²) in [6.45, 7) is 2.89. The summed E-state index contributed by atoms with van der Waals surface area (Å²) in [7, 11) is 0. The minimum atomic E-state index is -1.19. The van der Waals surface area contributed by atoms with E-state index in [9.17, 15) is 14.4 Å². The molecule has 3 N–H and O–H groups in total. The van der Waals surface area contributed by atoms with Crippen molar-refractivity contribution in [1.29, 1.82) is 0 Å². The van der Waals surface area contributed by atoms with Crippen molar-refractivity contribution in [3.8, 4) is 0 Å². The highest BCUT2D eigenvalue weighted by Crippen LogP contribution is 2.12. The number of hydrogen-bond acceptors (Lipinski definition) is 3. The van der Waals surface area contributed by atoms with Crippen LogP contribution in [0.5, 0.6) is 0 Å². The summed E-state index contributed by atoms with van der Waals surface area (Å²) in [6, 6.07) is 6.95. The molecule has 0 atom stereocenters. The van der Waals surface area contributed by atoms with Crippen molar-refractivity contribution in [3.05, 3.63) is 48.1 Å². The molecule has 0 aliphatic carbocycles. The van der Waals surface area contributed by atoms with Crippen LogP contribution in [-0.2, 0) is 14.4 Å². The van der Waals surface area contributed by atoms with Gasteiger partial charge in [0.25, 0.3) is 0 Å². The first-order chi connectivity index (χ1) is 14.0. The smallest absolute Gasteiger partial charge is 0.328 e. The second-order valence-corrected chi connectivity index (χ2v) is 6.89.